The maximum absolute atomic E-state index is 13.7. The van der Waals surface area contributed by atoms with Crippen LogP contribution in [0.25, 0.3) is 0 Å². The van der Waals surface area contributed by atoms with Crippen molar-refractivity contribution < 1.29 is 18.7 Å². The molecule has 0 aliphatic heterocycles. The average molecular weight is 407 g/mol. The van der Waals surface area contributed by atoms with E-state index in [2.05, 4.69) is 10.6 Å². The molecule has 3 amide bonds. The lowest BCUT2D eigenvalue weighted by Gasteiger charge is -2.24. The highest BCUT2D eigenvalue weighted by molar-refractivity contribution is 6.02. The summed E-state index contributed by atoms with van der Waals surface area (Å²) in [6, 6.07) is 21.9. The quantitative estimate of drug-likeness (QED) is 0.616. The number of ether oxygens (including phenoxy) is 1. The molecule has 6 nitrogen and oxygen atoms in total. The SMILES string of the molecule is COc1ccc(N(CC(=O)NC(=O)Nc2ccccc2F)Cc2ccccc2)cc1. The van der Waals surface area contributed by atoms with Gasteiger partial charge in [0.2, 0.25) is 5.91 Å². The maximum Gasteiger partial charge on any atom is 0.326 e. The van der Waals surface area contributed by atoms with E-state index in [0.717, 1.165) is 11.3 Å². The average Bonchev–Trinajstić information content (AvgIpc) is 2.75. The number of carbonyl (C=O) groups excluding carboxylic acids is 2. The Bertz CT molecular complexity index is 994. The zero-order chi connectivity index (χ0) is 21.3. The molecule has 0 saturated carbocycles. The number of anilines is 2. The Balaban J connectivity index is 1.68. The van der Waals surface area contributed by atoms with Gasteiger partial charge in [-0.05, 0) is 42.0 Å². The van der Waals surface area contributed by atoms with Crippen LogP contribution in [-0.4, -0.2) is 25.6 Å². The first-order valence-corrected chi connectivity index (χ1v) is 9.33. The number of nitrogens with zero attached hydrogens (tertiary/aromatic N) is 1. The standard InChI is InChI=1S/C23H22FN3O3/c1-30-19-13-11-18(12-14-19)27(15-17-7-3-2-4-8-17)16-22(28)26-23(29)25-21-10-6-5-9-20(21)24/h2-14H,15-16H2,1H3,(H2,25,26,28,29). The van der Waals surface area contributed by atoms with Crippen LogP contribution in [0.15, 0.2) is 78.9 Å². The minimum atomic E-state index is -0.792. The summed E-state index contributed by atoms with van der Waals surface area (Å²) in [5, 5.41) is 4.58. The number of benzene rings is 3. The molecule has 0 atom stereocenters. The predicted molar refractivity (Wildman–Crippen MR) is 114 cm³/mol. The van der Waals surface area contributed by atoms with Crippen LogP contribution < -0.4 is 20.3 Å². The predicted octanol–water partition coefficient (Wildman–Crippen LogP) is 4.19. The van der Waals surface area contributed by atoms with Gasteiger partial charge in [0.1, 0.15) is 11.6 Å². The molecule has 0 unspecified atom stereocenters. The molecule has 7 heteroatoms. The van der Waals surface area contributed by atoms with Crippen molar-refractivity contribution >= 4 is 23.3 Å². The van der Waals surface area contributed by atoms with Crippen molar-refractivity contribution in [3.63, 3.8) is 0 Å². The van der Waals surface area contributed by atoms with Gasteiger partial charge in [0, 0.05) is 12.2 Å². The fourth-order valence-corrected chi connectivity index (χ4v) is 2.89. The lowest BCUT2D eigenvalue weighted by Crippen LogP contribution is -2.41. The van der Waals surface area contributed by atoms with Crippen molar-refractivity contribution in [1.82, 2.24) is 5.32 Å². The molecule has 0 saturated heterocycles. The Morgan fingerprint density at radius 1 is 0.933 bits per heavy atom. The van der Waals surface area contributed by atoms with Crippen molar-refractivity contribution in [2.75, 3.05) is 23.9 Å². The number of para-hydroxylation sites is 1. The van der Waals surface area contributed by atoms with E-state index >= 15 is 0 Å². The molecule has 2 N–H and O–H groups in total. The van der Waals surface area contributed by atoms with E-state index in [4.69, 9.17) is 4.74 Å². The van der Waals surface area contributed by atoms with Crippen LogP contribution in [-0.2, 0) is 11.3 Å². The van der Waals surface area contributed by atoms with Crippen LogP contribution in [0.3, 0.4) is 0 Å². The molecular weight excluding hydrogens is 385 g/mol. The van der Waals surface area contributed by atoms with E-state index in [1.54, 1.807) is 25.3 Å². The second-order valence-electron chi connectivity index (χ2n) is 6.52. The highest BCUT2D eigenvalue weighted by Gasteiger charge is 2.16. The normalized spacial score (nSPS) is 10.2. The summed E-state index contributed by atoms with van der Waals surface area (Å²) in [6.07, 6.45) is 0. The zero-order valence-electron chi connectivity index (χ0n) is 16.5. The van der Waals surface area contributed by atoms with E-state index in [9.17, 15) is 14.0 Å². The number of carbonyl (C=O) groups is 2. The second-order valence-corrected chi connectivity index (χ2v) is 6.52. The first kappa shape index (κ1) is 20.9. The fourth-order valence-electron chi connectivity index (χ4n) is 2.89. The highest BCUT2D eigenvalue weighted by Crippen LogP contribution is 2.21. The van der Waals surface area contributed by atoms with Gasteiger partial charge in [-0.3, -0.25) is 10.1 Å². The van der Waals surface area contributed by atoms with Crippen LogP contribution >= 0.6 is 0 Å². The molecule has 3 aromatic rings. The number of methoxy groups -OCH3 is 1. The molecule has 0 fully saturated rings. The molecule has 0 heterocycles. The molecule has 0 aliphatic carbocycles. The van der Waals surface area contributed by atoms with E-state index in [-0.39, 0.29) is 12.2 Å². The van der Waals surface area contributed by atoms with E-state index in [1.165, 1.54) is 18.2 Å². The van der Waals surface area contributed by atoms with E-state index < -0.39 is 17.8 Å². The van der Waals surface area contributed by atoms with Gasteiger partial charge in [-0.25, -0.2) is 9.18 Å². The Kier molecular flexibility index (Phi) is 7.00. The minimum Gasteiger partial charge on any atom is -0.497 e. The summed E-state index contributed by atoms with van der Waals surface area (Å²) in [5.41, 5.74) is 1.81. The summed E-state index contributed by atoms with van der Waals surface area (Å²) >= 11 is 0. The Hall–Kier alpha value is -3.87. The van der Waals surface area contributed by atoms with Crippen molar-refractivity contribution in [3.8, 4) is 5.75 Å². The molecule has 3 aromatic carbocycles. The lowest BCUT2D eigenvalue weighted by atomic mass is 10.2. The molecule has 0 aromatic heterocycles. The third-order valence-corrected chi connectivity index (χ3v) is 4.36. The van der Waals surface area contributed by atoms with Crippen molar-refractivity contribution in [1.29, 1.82) is 0 Å². The monoisotopic (exact) mass is 407 g/mol. The van der Waals surface area contributed by atoms with Gasteiger partial charge < -0.3 is 15.0 Å². The Morgan fingerprint density at radius 2 is 1.60 bits per heavy atom. The second kappa shape index (κ2) is 10.1. The number of rotatable bonds is 7. The van der Waals surface area contributed by atoms with Crippen molar-refractivity contribution in [2.24, 2.45) is 0 Å². The van der Waals surface area contributed by atoms with Crippen LogP contribution in [0, 0.1) is 5.82 Å². The number of hydrogen-bond donors (Lipinski definition) is 2. The minimum absolute atomic E-state index is 0.000837. The molecule has 0 spiro atoms. The number of hydrogen-bond acceptors (Lipinski definition) is 4. The van der Waals surface area contributed by atoms with Gasteiger partial charge in [-0.2, -0.15) is 0 Å². The van der Waals surface area contributed by atoms with Crippen LogP contribution in [0.1, 0.15) is 5.56 Å². The summed E-state index contributed by atoms with van der Waals surface area (Å²) in [4.78, 5) is 26.4. The van der Waals surface area contributed by atoms with Gasteiger partial charge in [0.05, 0.1) is 19.3 Å². The molecule has 0 bridgehead atoms. The van der Waals surface area contributed by atoms with Crippen molar-refractivity contribution in [2.45, 2.75) is 6.54 Å². The van der Waals surface area contributed by atoms with Gasteiger partial charge in [-0.1, -0.05) is 42.5 Å². The highest BCUT2D eigenvalue weighted by atomic mass is 19.1. The number of amides is 3. The van der Waals surface area contributed by atoms with Gasteiger partial charge >= 0.3 is 6.03 Å². The lowest BCUT2D eigenvalue weighted by molar-refractivity contribution is -0.118. The first-order valence-electron chi connectivity index (χ1n) is 9.33. The maximum atomic E-state index is 13.7. The van der Waals surface area contributed by atoms with Crippen LogP contribution in [0.5, 0.6) is 5.75 Å². The molecule has 30 heavy (non-hydrogen) atoms. The molecule has 0 aliphatic rings. The number of halogens is 1. The summed E-state index contributed by atoms with van der Waals surface area (Å²) in [6.45, 7) is 0.404. The van der Waals surface area contributed by atoms with Crippen LogP contribution in [0.2, 0.25) is 0 Å². The Labute approximate surface area is 174 Å². The summed E-state index contributed by atoms with van der Waals surface area (Å²) in [5.74, 6) is -0.397. The summed E-state index contributed by atoms with van der Waals surface area (Å²) < 4.78 is 18.9. The molecule has 3 rings (SSSR count). The fraction of sp³-hybridized carbons (Fsp3) is 0.130. The van der Waals surface area contributed by atoms with E-state index in [0.29, 0.717) is 12.3 Å². The zero-order valence-corrected chi connectivity index (χ0v) is 16.5. The third kappa shape index (κ3) is 5.81. The van der Waals surface area contributed by atoms with Crippen molar-refractivity contribution in [3.05, 3.63) is 90.2 Å². The topological polar surface area (TPSA) is 70.7 Å². The first-order chi connectivity index (χ1) is 14.5. The number of urea groups is 1. The smallest absolute Gasteiger partial charge is 0.326 e. The Morgan fingerprint density at radius 3 is 2.27 bits per heavy atom. The number of nitrogens with one attached hydrogen (secondary N) is 2. The summed E-state index contributed by atoms with van der Waals surface area (Å²) in [7, 11) is 1.58. The van der Waals surface area contributed by atoms with Gasteiger partial charge in [-0.15, -0.1) is 0 Å². The number of imide groups is 1. The third-order valence-electron chi connectivity index (χ3n) is 4.36. The molecular formula is C23H22FN3O3. The van der Waals surface area contributed by atoms with Gasteiger partial charge in [0.25, 0.3) is 0 Å². The molecule has 154 valence electrons. The van der Waals surface area contributed by atoms with Crippen LogP contribution in [0.4, 0.5) is 20.6 Å². The molecule has 0 radical (unpaired) electrons. The van der Waals surface area contributed by atoms with E-state index in [1.807, 2.05) is 47.4 Å². The van der Waals surface area contributed by atoms with Gasteiger partial charge in [0.15, 0.2) is 0 Å². The largest absolute Gasteiger partial charge is 0.497 e.